The number of nitro groups is 1. The lowest BCUT2D eigenvalue weighted by molar-refractivity contribution is -0.389. The number of aliphatic hydroxyl groups is 1. The monoisotopic (exact) mass is 429 g/mol. The van der Waals surface area contributed by atoms with E-state index < -0.39 is 47.2 Å². The highest BCUT2D eigenvalue weighted by molar-refractivity contribution is 5.12. The quantitative estimate of drug-likeness (QED) is 0.484. The molecule has 1 aromatic heterocycles. The largest absolute Gasteiger partial charge is 0.389 e. The smallest absolute Gasteiger partial charge is 0.381 e. The number of imidazole rings is 1. The molecule has 6 atom stereocenters. The van der Waals surface area contributed by atoms with Crippen LogP contribution in [0.1, 0.15) is 27.7 Å². The Hall–Kier alpha value is -1.67. The highest BCUT2D eigenvalue weighted by atomic mass is 16.9. The fourth-order valence-electron chi connectivity index (χ4n) is 3.99. The van der Waals surface area contributed by atoms with Crippen molar-refractivity contribution in [2.45, 2.75) is 82.6 Å². The van der Waals surface area contributed by atoms with Crippen LogP contribution in [0.2, 0.25) is 0 Å². The van der Waals surface area contributed by atoms with Gasteiger partial charge in [0, 0.05) is 0 Å². The number of ether oxygens (including phenoxy) is 6. The average Bonchev–Trinajstić information content (AvgIpc) is 3.29. The number of aromatic nitrogens is 2. The van der Waals surface area contributed by atoms with E-state index in [1.165, 1.54) is 17.1 Å². The third-order valence-electron chi connectivity index (χ3n) is 5.07. The molecule has 0 spiro atoms. The van der Waals surface area contributed by atoms with Crippen molar-refractivity contribution < 1.29 is 38.5 Å². The third-order valence-corrected chi connectivity index (χ3v) is 5.07. The molecular formula is C18H27N3O9. The summed E-state index contributed by atoms with van der Waals surface area (Å²) in [6.07, 6.45) is -0.609. The molecule has 0 saturated carbocycles. The van der Waals surface area contributed by atoms with E-state index in [1.807, 2.05) is 27.7 Å². The molecule has 12 nitrogen and oxygen atoms in total. The van der Waals surface area contributed by atoms with Gasteiger partial charge in [0.25, 0.3) is 0 Å². The fraction of sp³-hybridized carbons (Fsp3) is 0.833. The fourth-order valence-corrected chi connectivity index (χ4v) is 3.99. The summed E-state index contributed by atoms with van der Waals surface area (Å²) in [5.74, 6) is -1.87. The number of rotatable bonds is 7. The Morgan fingerprint density at radius 3 is 2.57 bits per heavy atom. The van der Waals surface area contributed by atoms with Crippen LogP contribution < -0.4 is 0 Å². The first-order chi connectivity index (χ1) is 14.0. The molecule has 3 aliphatic rings. The van der Waals surface area contributed by atoms with E-state index in [2.05, 4.69) is 4.98 Å². The van der Waals surface area contributed by atoms with Crippen LogP contribution >= 0.6 is 0 Å². The van der Waals surface area contributed by atoms with Crippen molar-refractivity contribution in [1.82, 2.24) is 9.55 Å². The molecule has 30 heavy (non-hydrogen) atoms. The van der Waals surface area contributed by atoms with Gasteiger partial charge in [-0.1, -0.05) is 0 Å². The van der Waals surface area contributed by atoms with E-state index in [-0.39, 0.29) is 31.7 Å². The van der Waals surface area contributed by atoms with Gasteiger partial charge in [0.1, 0.15) is 30.6 Å². The van der Waals surface area contributed by atoms with Gasteiger partial charge in [0.05, 0.1) is 25.9 Å². The molecule has 0 aromatic carbocycles. The molecule has 3 fully saturated rings. The molecule has 168 valence electrons. The van der Waals surface area contributed by atoms with Crippen molar-refractivity contribution in [3.8, 4) is 0 Å². The lowest BCUT2D eigenvalue weighted by atomic mass is 9.99. The van der Waals surface area contributed by atoms with Crippen LogP contribution in [0.4, 0.5) is 5.82 Å². The van der Waals surface area contributed by atoms with Crippen LogP contribution in [-0.2, 0) is 35.0 Å². The number of aliphatic hydroxyl groups excluding tert-OH is 1. The molecular weight excluding hydrogens is 402 g/mol. The summed E-state index contributed by atoms with van der Waals surface area (Å²) < 4.78 is 37.0. The third kappa shape index (κ3) is 4.49. The molecule has 3 aliphatic heterocycles. The Balaban J connectivity index is 1.32. The maximum Gasteiger partial charge on any atom is 0.381 e. The van der Waals surface area contributed by atoms with E-state index in [1.54, 1.807) is 0 Å². The highest BCUT2D eigenvalue weighted by Gasteiger charge is 2.60. The summed E-state index contributed by atoms with van der Waals surface area (Å²) in [5.41, 5.74) is 0. The Bertz CT molecular complexity index is 783. The van der Waals surface area contributed by atoms with Crippen molar-refractivity contribution in [2.75, 3.05) is 13.2 Å². The lowest BCUT2D eigenvalue weighted by Crippen LogP contribution is -2.56. The van der Waals surface area contributed by atoms with E-state index in [0.717, 1.165) is 0 Å². The second-order valence-electron chi connectivity index (χ2n) is 8.58. The standard InChI is InChI=1S/C18H27N3O9/c1-17(2)27-13-11(26-16-15(14(13)28-17)29-18(3,4)30-16)8-25-7-10(22)5-20-6-12(19-9-20)21(23)24/h6,9-11,13-16,22H,5,7-8H2,1-4H3/t10?,11-,13+,14+,15-,16-/m1/s1. The zero-order valence-electron chi connectivity index (χ0n) is 17.3. The lowest BCUT2D eigenvalue weighted by Gasteiger charge is -2.37. The minimum Gasteiger partial charge on any atom is -0.389 e. The van der Waals surface area contributed by atoms with Crippen molar-refractivity contribution in [1.29, 1.82) is 0 Å². The van der Waals surface area contributed by atoms with Crippen molar-refractivity contribution in [2.24, 2.45) is 0 Å². The van der Waals surface area contributed by atoms with Gasteiger partial charge in [-0.3, -0.25) is 0 Å². The predicted molar refractivity (Wildman–Crippen MR) is 98.2 cm³/mol. The molecule has 4 heterocycles. The minimum atomic E-state index is -0.881. The maximum atomic E-state index is 10.7. The number of hydrogen-bond acceptors (Lipinski definition) is 10. The Kier molecular flexibility index (Phi) is 5.60. The van der Waals surface area contributed by atoms with E-state index in [4.69, 9.17) is 28.4 Å². The number of hydrogen-bond donors (Lipinski definition) is 1. The van der Waals surface area contributed by atoms with E-state index in [9.17, 15) is 15.2 Å². The van der Waals surface area contributed by atoms with Crippen molar-refractivity contribution in [3.63, 3.8) is 0 Å². The first-order valence-electron chi connectivity index (χ1n) is 9.82. The summed E-state index contributed by atoms with van der Waals surface area (Å²) >= 11 is 0. The molecule has 0 radical (unpaired) electrons. The first-order valence-corrected chi connectivity index (χ1v) is 9.82. The molecule has 0 aliphatic carbocycles. The van der Waals surface area contributed by atoms with Crippen molar-refractivity contribution >= 4 is 5.82 Å². The van der Waals surface area contributed by atoms with Crippen LogP contribution in [0.5, 0.6) is 0 Å². The minimum absolute atomic E-state index is 0.00438. The van der Waals surface area contributed by atoms with Gasteiger partial charge in [0.2, 0.25) is 6.33 Å². The van der Waals surface area contributed by atoms with Gasteiger partial charge < -0.3 is 48.2 Å². The van der Waals surface area contributed by atoms with Gasteiger partial charge in [0.15, 0.2) is 17.9 Å². The van der Waals surface area contributed by atoms with Crippen LogP contribution in [0.25, 0.3) is 0 Å². The molecule has 0 bridgehead atoms. The van der Waals surface area contributed by atoms with Crippen molar-refractivity contribution in [3.05, 3.63) is 22.6 Å². The topological polar surface area (TPSA) is 137 Å². The molecule has 3 saturated heterocycles. The molecule has 1 aromatic rings. The van der Waals surface area contributed by atoms with Crippen LogP contribution in [0, 0.1) is 10.1 Å². The maximum absolute atomic E-state index is 10.7. The second kappa shape index (κ2) is 7.79. The molecule has 12 heteroatoms. The molecule has 0 amide bonds. The van der Waals surface area contributed by atoms with E-state index in [0.29, 0.717) is 0 Å². The molecule has 4 rings (SSSR count). The number of fused-ring (bicyclic) bond motifs is 3. The Labute approximate surface area is 173 Å². The van der Waals surface area contributed by atoms with Gasteiger partial charge in [-0.2, -0.15) is 0 Å². The van der Waals surface area contributed by atoms with Gasteiger partial charge in [-0.05, 0) is 37.6 Å². The summed E-state index contributed by atoms with van der Waals surface area (Å²) in [5, 5.41) is 20.9. The first kappa shape index (κ1) is 21.6. The Morgan fingerprint density at radius 1 is 1.20 bits per heavy atom. The van der Waals surface area contributed by atoms with Crippen LogP contribution in [-0.4, -0.2) is 81.2 Å². The summed E-state index contributed by atoms with van der Waals surface area (Å²) in [6.45, 7) is 7.54. The predicted octanol–water partition coefficient (Wildman–Crippen LogP) is 0.565. The van der Waals surface area contributed by atoms with Crippen LogP contribution in [0.3, 0.4) is 0 Å². The second-order valence-corrected chi connectivity index (χ2v) is 8.58. The summed E-state index contributed by atoms with van der Waals surface area (Å²) in [4.78, 5) is 13.7. The van der Waals surface area contributed by atoms with Gasteiger partial charge >= 0.3 is 5.82 Å². The van der Waals surface area contributed by atoms with E-state index >= 15 is 0 Å². The Morgan fingerprint density at radius 2 is 1.87 bits per heavy atom. The summed E-state index contributed by atoms with van der Waals surface area (Å²) in [7, 11) is 0. The highest BCUT2D eigenvalue weighted by Crippen LogP contribution is 2.44. The van der Waals surface area contributed by atoms with Crippen LogP contribution in [0.15, 0.2) is 12.5 Å². The average molecular weight is 429 g/mol. The summed E-state index contributed by atoms with van der Waals surface area (Å²) in [6, 6.07) is 0. The number of nitrogens with zero attached hydrogens (tertiary/aromatic N) is 3. The SMILES string of the molecule is CC1(C)O[C@H]2[C@@H](O1)[C@@H](COCC(O)Cn1cnc([N+](=O)[O-])c1)O[C@@H]1OC(C)(C)O[C@@H]12. The van der Waals surface area contributed by atoms with Gasteiger partial charge in [-0.15, -0.1) is 0 Å². The van der Waals surface area contributed by atoms with Gasteiger partial charge in [-0.25, -0.2) is 0 Å². The molecule has 1 N–H and O–H groups in total. The zero-order valence-corrected chi connectivity index (χ0v) is 17.3. The zero-order chi connectivity index (χ0) is 21.7. The molecule has 1 unspecified atom stereocenters. The normalized spacial score (nSPS) is 35.0.